The summed E-state index contributed by atoms with van der Waals surface area (Å²) in [6, 6.07) is 16.8. The zero-order valence-corrected chi connectivity index (χ0v) is 14.9. The summed E-state index contributed by atoms with van der Waals surface area (Å²) in [6.07, 6.45) is 0. The lowest BCUT2D eigenvalue weighted by Gasteiger charge is -2.05. The van der Waals surface area contributed by atoms with Crippen LogP contribution in [0.4, 0.5) is 5.69 Å². The van der Waals surface area contributed by atoms with Crippen molar-refractivity contribution in [3.8, 4) is 17.0 Å². The molecule has 0 aliphatic rings. The number of carbonyl (C=O) groups is 1. The maximum atomic E-state index is 12.5. The van der Waals surface area contributed by atoms with Crippen molar-refractivity contribution < 1.29 is 9.53 Å². The van der Waals surface area contributed by atoms with Crippen LogP contribution >= 0.6 is 15.9 Å². The molecule has 0 saturated heterocycles. The van der Waals surface area contributed by atoms with Crippen molar-refractivity contribution in [2.24, 2.45) is 7.05 Å². The van der Waals surface area contributed by atoms with E-state index in [1.54, 1.807) is 24.9 Å². The first-order chi connectivity index (χ1) is 11.6. The fourth-order valence-electron chi connectivity index (χ4n) is 2.33. The largest absolute Gasteiger partial charge is 0.497 e. The Morgan fingerprint density at radius 3 is 2.62 bits per heavy atom. The average Bonchev–Trinajstić information content (AvgIpc) is 2.99. The van der Waals surface area contributed by atoms with Gasteiger partial charge in [-0.3, -0.25) is 9.48 Å². The number of amides is 1. The molecule has 2 aromatic carbocycles. The Labute approximate surface area is 148 Å². The molecule has 0 spiro atoms. The number of ether oxygens (including phenoxy) is 1. The molecule has 0 saturated carbocycles. The van der Waals surface area contributed by atoms with Gasteiger partial charge in [-0.2, -0.15) is 5.10 Å². The van der Waals surface area contributed by atoms with Gasteiger partial charge in [-0.05, 0) is 42.5 Å². The van der Waals surface area contributed by atoms with E-state index in [4.69, 9.17) is 4.74 Å². The molecule has 1 N–H and O–H groups in total. The molecule has 0 fully saturated rings. The van der Waals surface area contributed by atoms with Crippen molar-refractivity contribution >= 4 is 27.5 Å². The molecule has 0 unspecified atom stereocenters. The number of rotatable bonds is 4. The second-order valence-corrected chi connectivity index (χ2v) is 6.15. The Morgan fingerprint density at radius 1 is 1.17 bits per heavy atom. The van der Waals surface area contributed by atoms with Crippen LogP contribution in [0.3, 0.4) is 0 Å². The summed E-state index contributed by atoms with van der Waals surface area (Å²) in [7, 11) is 3.37. The summed E-state index contributed by atoms with van der Waals surface area (Å²) >= 11 is 3.37. The molecule has 3 aromatic rings. The van der Waals surface area contributed by atoms with Crippen molar-refractivity contribution in [1.82, 2.24) is 9.78 Å². The quantitative estimate of drug-likeness (QED) is 0.734. The van der Waals surface area contributed by atoms with E-state index in [0.717, 1.165) is 27.2 Å². The Morgan fingerprint density at radius 2 is 1.92 bits per heavy atom. The summed E-state index contributed by atoms with van der Waals surface area (Å²) in [5.41, 5.74) is 2.83. The number of nitrogens with one attached hydrogen (secondary N) is 1. The molecule has 1 amide bonds. The molecule has 0 bridgehead atoms. The molecule has 1 heterocycles. The number of halogens is 1. The highest BCUT2D eigenvalue weighted by Crippen LogP contribution is 2.24. The fraction of sp³-hybridized carbons (Fsp3) is 0.111. The van der Waals surface area contributed by atoms with Crippen LogP contribution in [-0.4, -0.2) is 22.8 Å². The molecule has 0 aliphatic heterocycles. The molecule has 5 nitrogen and oxygen atoms in total. The van der Waals surface area contributed by atoms with Gasteiger partial charge in [0.15, 0.2) is 0 Å². The van der Waals surface area contributed by atoms with E-state index in [9.17, 15) is 4.79 Å². The van der Waals surface area contributed by atoms with Crippen LogP contribution in [0.25, 0.3) is 11.3 Å². The first-order valence-corrected chi connectivity index (χ1v) is 8.11. The summed E-state index contributed by atoms with van der Waals surface area (Å²) in [4.78, 5) is 12.5. The Balaban J connectivity index is 1.85. The van der Waals surface area contributed by atoms with Crippen molar-refractivity contribution in [2.75, 3.05) is 12.4 Å². The summed E-state index contributed by atoms with van der Waals surface area (Å²) in [5, 5.41) is 7.29. The number of aryl methyl sites for hydroxylation is 1. The first kappa shape index (κ1) is 16.3. The number of anilines is 1. The van der Waals surface area contributed by atoms with Crippen LogP contribution in [0.15, 0.2) is 59.1 Å². The summed E-state index contributed by atoms with van der Waals surface area (Å²) < 4.78 is 7.76. The molecule has 24 heavy (non-hydrogen) atoms. The maximum absolute atomic E-state index is 12.5. The van der Waals surface area contributed by atoms with Crippen LogP contribution in [-0.2, 0) is 7.05 Å². The van der Waals surface area contributed by atoms with Crippen LogP contribution < -0.4 is 10.1 Å². The van der Waals surface area contributed by atoms with E-state index in [1.807, 2.05) is 48.5 Å². The lowest BCUT2D eigenvalue weighted by Crippen LogP contribution is -2.15. The smallest absolute Gasteiger partial charge is 0.273 e. The highest BCUT2D eigenvalue weighted by atomic mass is 79.9. The van der Waals surface area contributed by atoms with Crippen molar-refractivity contribution in [2.45, 2.75) is 0 Å². The zero-order chi connectivity index (χ0) is 17.1. The van der Waals surface area contributed by atoms with Crippen molar-refractivity contribution in [1.29, 1.82) is 0 Å². The van der Waals surface area contributed by atoms with Crippen LogP contribution in [0.1, 0.15) is 10.5 Å². The van der Waals surface area contributed by atoms with E-state index >= 15 is 0 Å². The van der Waals surface area contributed by atoms with Gasteiger partial charge in [0.2, 0.25) is 0 Å². The molecule has 1 aromatic heterocycles. The topological polar surface area (TPSA) is 56.1 Å². The van der Waals surface area contributed by atoms with Crippen molar-refractivity contribution in [3.05, 3.63) is 64.8 Å². The molecule has 6 heteroatoms. The monoisotopic (exact) mass is 385 g/mol. The summed E-state index contributed by atoms with van der Waals surface area (Å²) in [5.74, 6) is 0.542. The molecule has 0 radical (unpaired) electrons. The number of nitrogens with zero attached hydrogens (tertiary/aromatic N) is 2. The predicted molar refractivity (Wildman–Crippen MR) is 97.3 cm³/mol. The summed E-state index contributed by atoms with van der Waals surface area (Å²) in [6.45, 7) is 0. The number of methoxy groups -OCH3 is 1. The molecule has 0 atom stereocenters. The second-order valence-electron chi connectivity index (χ2n) is 5.23. The van der Waals surface area contributed by atoms with Gasteiger partial charge < -0.3 is 10.1 Å². The molecular formula is C18H16BrN3O2. The van der Waals surface area contributed by atoms with Gasteiger partial charge in [0.1, 0.15) is 11.4 Å². The molecule has 3 rings (SSSR count). The average molecular weight is 386 g/mol. The zero-order valence-electron chi connectivity index (χ0n) is 13.3. The van der Waals surface area contributed by atoms with Gasteiger partial charge in [-0.1, -0.05) is 28.1 Å². The lowest BCUT2D eigenvalue weighted by atomic mass is 10.1. The third-order valence-electron chi connectivity index (χ3n) is 3.58. The van der Waals surface area contributed by atoms with Crippen LogP contribution in [0.5, 0.6) is 5.75 Å². The minimum absolute atomic E-state index is 0.207. The highest BCUT2D eigenvalue weighted by Gasteiger charge is 2.15. The van der Waals surface area contributed by atoms with E-state index in [0.29, 0.717) is 5.69 Å². The second kappa shape index (κ2) is 6.88. The number of carbonyl (C=O) groups excluding carboxylic acids is 1. The van der Waals surface area contributed by atoms with E-state index in [-0.39, 0.29) is 5.91 Å². The van der Waals surface area contributed by atoms with Crippen LogP contribution in [0, 0.1) is 0 Å². The minimum atomic E-state index is -0.207. The standard InChI is InChI=1S/C18H16BrN3O2/c1-22-17(18(23)20-14-8-6-13(19)7-9-14)11-16(21-22)12-4-3-5-15(10-12)24-2/h3-11H,1-2H3,(H,20,23). The lowest BCUT2D eigenvalue weighted by molar-refractivity contribution is 0.101. The van der Waals surface area contributed by atoms with Gasteiger partial charge in [0.25, 0.3) is 5.91 Å². The fourth-order valence-corrected chi connectivity index (χ4v) is 2.60. The highest BCUT2D eigenvalue weighted by molar-refractivity contribution is 9.10. The SMILES string of the molecule is COc1cccc(-c2cc(C(=O)Nc3ccc(Br)cc3)n(C)n2)c1. The maximum Gasteiger partial charge on any atom is 0.273 e. The third-order valence-corrected chi connectivity index (χ3v) is 4.11. The van der Waals surface area contributed by atoms with Gasteiger partial charge >= 0.3 is 0 Å². The predicted octanol–water partition coefficient (Wildman–Crippen LogP) is 4.11. The molecular weight excluding hydrogens is 370 g/mol. The molecule has 122 valence electrons. The third kappa shape index (κ3) is 3.49. The van der Waals surface area contributed by atoms with Gasteiger partial charge in [-0.15, -0.1) is 0 Å². The number of hydrogen-bond acceptors (Lipinski definition) is 3. The van der Waals surface area contributed by atoms with Gasteiger partial charge in [0, 0.05) is 22.8 Å². The number of benzene rings is 2. The minimum Gasteiger partial charge on any atom is -0.497 e. The Kier molecular flexibility index (Phi) is 4.66. The van der Waals surface area contributed by atoms with E-state index in [2.05, 4.69) is 26.3 Å². The van der Waals surface area contributed by atoms with Gasteiger partial charge in [-0.25, -0.2) is 0 Å². The van der Waals surface area contributed by atoms with E-state index in [1.165, 1.54) is 0 Å². The van der Waals surface area contributed by atoms with E-state index < -0.39 is 0 Å². The Hall–Kier alpha value is -2.60. The van der Waals surface area contributed by atoms with Crippen LogP contribution in [0.2, 0.25) is 0 Å². The molecule has 0 aliphatic carbocycles. The number of aromatic nitrogens is 2. The van der Waals surface area contributed by atoms with Crippen molar-refractivity contribution in [3.63, 3.8) is 0 Å². The number of hydrogen-bond donors (Lipinski definition) is 1. The van der Waals surface area contributed by atoms with Gasteiger partial charge in [0.05, 0.1) is 12.8 Å². The Bertz CT molecular complexity index is 872. The normalized spacial score (nSPS) is 10.5. The first-order valence-electron chi connectivity index (χ1n) is 7.32.